The standard InChI is InChI=1S/C9H15N7S/c1-12-9(14-6-10)13-3-4-16(2)7-5-17-8(11)15-7/h5H,3-4H2,1-2H3,(H2,11,15)(H2,12,13,14). The third kappa shape index (κ3) is 4.16. The van der Waals surface area contributed by atoms with E-state index in [1.807, 2.05) is 23.5 Å². The summed E-state index contributed by atoms with van der Waals surface area (Å²) < 4.78 is 0. The molecule has 0 aliphatic heterocycles. The van der Waals surface area contributed by atoms with Crippen LogP contribution in [0.2, 0.25) is 0 Å². The van der Waals surface area contributed by atoms with Crippen LogP contribution >= 0.6 is 11.3 Å². The van der Waals surface area contributed by atoms with E-state index in [9.17, 15) is 0 Å². The fourth-order valence-electron chi connectivity index (χ4n) is 1.14. The molecule has 0 aliphatic carbocycles. The van der Waals surface area contributed by atoms with Crippen LogP contribution in [0.1, 0.15) is 0 Å². The van der Waals surface area contributed by atoms with Crippen LogP contribution in [0.4, 0.5) is 10.9 Å². The average molecular weight is 253 g/mol. The lowest BCUT2D eigenvalue weighted by atomic mass is 10.5. The van der Waals surface area contributed by atoms with Crippen molar-refractivity contribution in [2.24, 2.45) is 4.99 Å². The van der Waals surface area contributed by atoms with E-state index in [1.54, 1.807) is 7.05 Å². The number of nitrogen functional groups attached to an aromatic ring is 1. The maximum atomic E-state index is 8.44. The molecule has 0 fully saturated rings. The molecule has 0 aliphatic rings. The molecule has 7 nitrogen and oxygen atoms in total. The molecule has 17 heavy (non-hydrogen) atoms. The Labute approximate surface area is 104 Å². The molecule has 0 amide bonds. The van der Waals surface area contributed by atoms with Crippen molar-refractivity contribution < 1.29 is 0 Å². The summed E-state index contributed by atoms with van der Waals surface area (Å²) >= 11 is 1.41. The first-order valence-corrected chi connectivity index (χ1v) is 5.83. The molecule has 8 heteroatoms. The van der Waals surface area contributed by atoms with Gasteiger partial charge in [0.05, 0.1) is 0 Å². The van der Waals surface area contributed by atoms with Crippen LogP contribution in [-0.4, -0.2) is 38.1 Å². The van der Waals surface area contributed by atoms with Gasteiger partial charge in [0.25, 0.3) is 0 Å². The van der Waals surface area contributed by atoms with Crippen LogP contribution in [0.5, 0.6) is 0 Å². The zero-order valence-corrected chi connectivity index (χ0v) is 10.6. The zero-order valence-electron chi connectivity index (χ0n) is 9.77. The van der Waals surface area contributed by atoms with Gasteiger partial charge in [-0.1, -0.05) is 0 Å². The van der Waals surface area contributed by atoms with Gasteiger partial charge in [0.1, 0.15) is 5.82 Å². The van der Waals surface area contributed by atoms with Gasteiger partial charge in [-0.05, 0) is 0 Å². The number of nitriles is 1. The van der Waals surface area contributed by atoms with Crippen molar-refractivity contribution in [1.82, 2.24) is 15.6 Å². The van der Waals surface area contributed by atoms with Crippen LogP contribution < -0.4 is 21.3 Å². The molecule has 0 atom stereocenters. The Balaban J connectivity index is 2.34. The highest BCUT2D eigenvalue weighted by Gasteiger charge is 2.04. The van der Waals surface area contributed by atoms with Gasteiger partial charge < -0.3 is 16.0 Å². The average Bonchev–Trinajstić information content (AvgIpc) is 2.74. The summed E-state index contributed by atoms with van der Waals surface area (Å²) in [4.78, 5) is 10.0. The molecule has 0 radical (unpaired) electrons. The van der Waals surface area contributed by atoms with Gasteiger partial charge in [-0.2, -0.15) is 5.26 Å². The number of aromatic nitrogens is 1. The zero-order chi connectivity index (χ0) is 12.7. The number of likely N-dealkylation sites (N-methyl/N-ethyl adjacent to an activating group) is 1. The van der Waals surface area contributed by atoms with E-state index in [0.717, 1.165) is 12.4 Å². The van der Waals surface area contributed by atoms with E-state index in [1.165, 1.54) is 11.3 Å². The number of nitrogens with two attached hydrogens (primary N) is 1. The van der Waals surface area contributed by atoms with E-state index < -0.39 is 0 Å². The molecule has 92 valence electrons. The van der Waals surface area contributed by atoms with Crippen LogP contribution in [0, 0.1) is 11.5 Å². The van der Waals surface area contributed by atoms with Crippen LogP contribution in [0.25, 0.3) is 0 Å². The molecule has 0 aromatic carbocycles. The van der Waals surface area contributed by atoms with Gasteiger partial charge in [0.15, 0.2) is 11.3 Å². The second-order valence-corrected chi connectivity index (χ2v) is 4.09. The van der Waals surface area contributed by atoms with E-state index >= 15 is 0 Å². The second-order valence-electron chi connectivity index (χ2n) is 3.20. The summed E-state index contributed by atoms with van der Waals surface area (Å²) in [5, 5.41) is 16.3. The minimum Gasteiger partial charge on any atom is -0.375 e. The van der Waals surface area contributed by atoms with Gasteiger partial charge in [-0.15, -0.1) is 11.3 Å². The Kier molecular flexibility index (Phi) is 5.03. The number of nitrogens with one attached hydrogen (secondary N) is 2. The third-order valence-electron chi connectivity index (χ3n) is 2.04. The Morgan fingerprint density at radius 2 is 2.53 bits per heavy atom. The quantitative estimate of drug-likeness (QED) is 0.297. The van der Waals surface area contributed by atoms with Crippen molar-refractivity contribution in [3.05, 3.63) is 5.38 Å². The number of hydrogen-bond acceptors (Lipinski definition) is 6. The SMILES string of the molecule is CN=C(NC#N)NCCN(C)c1csc(N)n1. The summed E-state index contributed by atoms with van der Waals surface area (Å²) in [6.45, 7) is 1.38. The summed E-state index contributed by atoms with van der Waals surface area (Å²) in [6, 6.07) is 0. The minimum absolute atomic E-state index is 0.457. The first-order chi connectivity index (χ1) is 8.17. The van der Waals surface area contributed by atoms with Crippen molar-refractivity contribution in [3.63, 3.8) is 0 Å². The summed E-state index contributed by atoms with van der Waals surface area (Å²) in [7, 11) is 3.54. The van der Waals surface area contributed by atoms with Crippen LogP contribution in [-0.2, 0) is 0 Å². The Bertz CT molecular complexity index is 419. The topological polar surface area (TPSA) is 102 Å². The molecule has 0 saturated heterocycles. The lowest BCUT2D eigenvalue weighted by Gasteiger charge is -2.16. The first-order valence-electron chi connectivity index (χ1n) is 4.95. The third-order valence-corrected chi connectivity index (χ3v) is 2.70. The predicted molar refractivity (Wildman–Crippen MR) is 69.9 cm³/mol. The Morgan fingerprint density at radius 3 is 3.06 bits per heavy atom. The van der Waals surface area contributed by atoms with Crippen molar-refractivity contribution in [2.75, 3.05) is 37.8 Å². The molecule has 1 heterocycles. The Morgan fingerprint density at radius 1 is 1.76 bits per heavy atom. The summed E-state index contributed by atoms with van der Waals surface area (Å²) in [5.74, 6) is 1.30. The number of nitrogens with zero attached hydrogens (tertiary/aromatic N) is 4. The molecule has 4 N–H and O–H groups in total. The van der Waals surface area contributed by atoms with Gasteiger partial charge >= 0.3 is 0 Å². The highest BCUT2D eigenvalue weighted by atomic mass is 32.1. The largest absolute Gasteiger partial charge is 0.375 e. The first kappa shape index (κ1) is 13.1. The molecule has 1 aromatic heterocycles. The van der Waals surface area contributed by atoms with Crippen LogP contribution in [0.3, 0.4) is 0 Å². The lowest BCUT2D eigenvalue weighted by Crippen LogP contribution is -2.39. The summed E-state index contributed by atoms with van der Waals surface area (Å²) in [6.07, 6.45) is 1.81. The number of anilines is 2. The van der Waals surface area contributed by atoms with Crippen LogP contribution in [0.15, 0.2) is 10.4 Å². The van der Waals surface area contributed by atoms with Crippen molar-refractivity contribution in [3.8, 4) is 6.19 Å². The molecular weight excluding hydrogens is 238 g/mol. The maximum absolute atomic E-state index is 8.44. The molecule has 1 aromatic rings. The molecule has 0 saturated carbocycles. The molecular formula is C9H15N7S. The number of hydrogen-bond donors (Lipinski definition) is 3. The monoisotopic (exact) mass is 253 g/mol. The van der Waals surface area contributed by atoms with Gasteiger partial charge in [-0.3, -0.25) is 10.3 Å². The number of guanidine groups is 1. The van der Waals surface area contributed by atoms with Crippen molar-refractivity contribution in [1.29, 1.82) is 5.26 Å². The number of thiazole rings is 1. The molecule has 0 spiro atoms. The highest BCUT2D eigenvalue weighted by Crippen LogP contribution is 2.18. The van der Waals surface area contributed by atoms with E-state index in [2.05, 4.69) is 20.6 Å². The number of rotatable bonds is 4. The molecule has 0 bridgehead atoms. The van der Waals surface area contributed by atoms with E-state index in [4.69, 9.17) is 11.0 Å². The fraction of sp³-hybridized carbons (Fsp3) is 0.444. The smallest absolute Gasteiger partial charge is 0.204 e. The van der Waals surface area contributed by atoms with Gasteiger partial charge in [0.2, 0.25) is 5.96 Å². The van der Waals surface area contributed by atoms with Gasteiger partial charge in [0, 0.05) is 32.6 Å². The Hall–Kier alpha value is -2.01. The molecule has 0 unspecified atom stereocenters. The number of aliphatic imine (C=N–C) groups is 1. The predicted octanol–water partition coefficient (Wildman–Crippen LogP) is -0.192. The summed E-state index contributed by atoms with van der Waals surface area (Å²) in [5.41, 5.74) is 5.55. The maximum Gasteiger partial charge on any atom is 0.204 e. The highest BCUT2D eigenvalue weighted by molar-refractivity contribution is 7.13. The second kappa shape index (κ2) is 6.55. The normalized spacial score (nSPS) is 10.8. The molecule has 1 rings (SSSR count). The van der Waals surface area contributed by atoms with E-state index in [-0.39, 0.29) is 0 Å². The van der Waals surface area contributed by atoms with Gasteiger partial charge in [-0.25, -0.2) is 4.98 Å². The fourth-order valence-corrected chi connectivity index (χ4v) is 1.75. The lowest BCUT2D eigenvalue weighted by molar-refractivity contribution is 0.802. The van der Waals surface area contributed by atoms with Crippen molar-refractivity contribution >= 4 is 28.2 Å². The van der Waals surface area contributed by atoms with E-state index in [0.29, 0.717) is 17.6 Å². The minimum atomic E-state index is 0.457. The van der Waals surface area contributed by atoms with Crippen molar-refractivity contribution in [2.45, 2.75) is 0 Å².